The molecule has 3 N–H and O–H groups in total. The lowest BCUT2D eigenvalue weighted by atomic mass is 9.93. The van der Waals surface area contributed by atoms with Gasteiger partial charge in [0.25, 0.3) is 5.91 Å². The van der Waals surface area contributed by atoms with E-state index in [-0.39, 0.29) is 17.2 Å². The summed E-state index contributed by atoms with van der Waals surface area (Å²) >= 11 is 0. The van der Waals surface area contributed by atoms with Crippen molar-refractivity contribution in [1.29, 1.82) is 0 Å². The highest BCUT2D eigenvalue weighted by molar-refractivity contribution is 5.95. The summed E-state index contributed by atoms with van der Waals surface area (Å²) in [5.74, 6) is 0.810. The van der Waals surface area contributed by atoms with Crippen LogP contribution in [0.1, 0.15) is 49.1 Å². The summed E-state index contributed by atoms with van der Waals surface area (Å²) in [5.41, 5.74) is 0.280. The summed E-state index contributed by atoms with van der Waals surface area (Å²) in [6, 6.07) is 1.25. The van der Waals surface area contributed by atoms with Gasteiger partial charge in [-0.2, -0.15) is 0 Å². The predicted octanol–water partition coefficient (Wildman–Crippen LogP) is 1.37. The Balaban J connectivity index is 2.09. The molecule has 1 aromatic rings. The lowest BCUT2D eigenvalue weighted by Gasteiger charge is -2.18. The maximum absolute atomic E-state index is 12.5. The van der Waals surface area contributed by atoms with Crippen LogP contribution in [0.15, 0.2) is 10.5 Å². The van der Waals surface area contributed by atoms with E-state index in [2.05, 4.69) is 5.32 Å². The first kappa shape index (κ1) is 18.0. The Labute approximate surface area is 136 Å². The van der Waals surface area contributed by atoms with Crippen molar-refractivity contribution in [2.45, 2.75) is 57.8 Å². The molecule has 1 aromatic heterocycles. The first-order valence-electron chi connectivity index (χ1n) is 7.92. The minimum absolute atomic E-state index is 0.184. The van der Waals surface area contributed by atoms with E-state index in [4.69, 9.17) is 9.15 Å². The van der Waals surface area contributed by atoms with Gasteiger partial charge in [-0.05, 0) is 19.4 Å². The number of amides is 1. The van der Waals surface area contributed by atoms with Crippen LogP contribution >= 0.6 is 0 Å². The maximum Gasteiger partial charge on any atom is 0.255 e. The van der Waals surface area contributed by atoms with Crippen molar-refractivity contribution in [1.82, 2.24) is 5.32 Å². The summed E-state index contributed by atoms with van der Waals surface area (Å²) in [6.45, 7) is 8.14. The van der Waals surface area contributed by atoms with Crippen molar-refractivity contribution in [3.8, 4) is 0 Å². The number of hydrogen-bond acceptors (Lipinski definition) is 5. The molecular weight excluding hydrogens is 298 g/mol. The van der Waals surface area contributed by atoms with Gasteiger partial charge in [-0.15, -0.1) is 0 Å². The number of carbonyl (C=O) groups excluding carboxylic acids is 1. The number of rotatable bonds is 4. The number of nitrogens with one attached hydrogen (secondary N) is 1. The number of methoxy groups -OCH3 is 1. The van der Waals surface area contributed by atoms with Crippen molar-refractivity contribution in [2.75, 3.05) is 13.7 Å². The average Bonchev–Trinajstić information content (AvgIpc) is 2.96. The van der Waals surface area contributed by atoms with Crippen LogP contribution < -0.4 is 5.32 Å². The second-order valence-electron chi connectivity index (χ2n) is 7.34. The van der Waals surface area contributed by atoms with E-state index in [0.717, 1.165) is 5.76 Å². The molecule has 1 saturated carbocycles. The fraction of sp³-hybridized carbons (Fsp3) is 0.706. The van der Waals surface area contributed by atoms with Crippen LogP contribution in [0.5, 0.6) is 0 Å². The summed E-state index contributed by atoms with van der Waals surface area (Å²) < 4.78 is 10.7. The van der Waals surface area contributed by atoms with Crippen LogP contribution in [0.2, 0.25) is 0 Å². The molecule has 2 rings (SSSR count). The van der Waals surface area contributed by atoms with E-state index in [1.807, 2.05) is 20.8 Å². The van der Waals surface area contributed by atoms with Crippen molar-refractivity contribution >= 4 is 5.91 Å². The number of furan rings is 1. The van der Waals surface area contributed by atoms with Crippen LogP contribution in [-0.2, 0) is 10.2 Å². The fourth-order valence-electron chi connectivity index (χ4n) is 2.97. The molecule has 1 amide bonds. The van der Waals surface area contributed by atoms with Gasteiger partial charge in [0.15, 0.2) is 0 Å². The smallest absolute Gasteiger partial charge is 0.255 e. The molecule has 4 atom stereocenters. The Morgan fingerprint density at radius 2 is 2.04 bits per heavy atom. The molecular formula is C17H27NO5. The van der Waals surface area contributed by atoms with E-state index in [9.17, 15) is 15.0 Å². The number of carbonyl (C=O) groups is 1. The molecule has 0 radical (unpaired) electrons. The molecule has 4 unspecified atom stereocenters. The van der Waals surface area contributed by atoms with Crippen LogP contribution in [0, 0.1) is 12.8 Å². The molecule has 0 aromatic carbocycles. The number of ether oxygens (including phenoxy) is 1. The normalized spacial score (nSPS) is 28.1. The van der Waals surface area contributed by atoms with Crippen molar-refractivity contribution in [3.05, 3.63) is 23.2 Å². The largest absolute Gasteiger partial charge is 0.465 e. The van der Waals surface area contributed by atoms with Crippen LogP contribution in [0.3, 0.4) is 0 Å². The van der Waals surface area contributed by atoms with Gasteiger partial charge in [0.2, 0.25) is 0 Å². The molecule has 1 heterocycles. The molecule has 0 saturated heterocycles. The van der Waals surface area contributed by atoms with Gasteiger partial charge in [-0.1, -0.05) is 20.8 Å². The van der Waals surface area contributed by atoms with Crippen LogP contribution in [-0.4, -0.2) is 48.1 Å². The lowest BCUT2D eigenvalue weighted by molar-refractivity contribution is -0.00552. The summed E-state index contributed by atoms with van der Waals surface area (Å²) in [4.78, 5) is 12.5. The topological polar surface area (TPSA) is 91.9 Å². The molecule has 6 heteroatoms. The van der Waals surface area contributed by atoms with Crippen LogP contribution in [0.25, 0.3) is 0 Å². The van der Waals surface area contributed by atoms with Gasteiger partial charge < -0.3 is 24.7 Å². The van der Waals surface area contributed by atoms with E-state index < -0.39 is 18.2 Å². The number of aliphatic hydroxyl groups excluding tert-OH is 2. The summed E-state index contributed by atoms with van der Waals surface area (Å²) in [7, 11) is 1.55. The molecule has 0 aliphatic heterocycles. The van der Waals surface area contributed by atoms with E-state index in [1.54, 1.807) is 20.1 Å². The van der Waals surface area contributed by atoms with E-state index >= 15 is 0 Å². The lowest BCUT2D eigenvalue weighted by Crippen LogP contribution is -2.43. The Hall–Kier alpha value is -1.37. The monoisotopic (exact) mass is 325 g/mol. The van der Waals surface area contributed by atoms with Gasteiger partial charge in [0, 0.05) is 18.4 Å². The third-order valence-corrected chi connectivity index (χ3v) is 4.40. The molecule has 6 nitrogen and oxygen atoms in total. The molecule has 0 spiro atoms. The van der Waals surface area contributed by atoms with E-state index in [0.29, 0.717) is 24.4 Å². The number of aliphatic hydroxyl groups is 2. The summed E-state index contributed by atoms with van der Waals surface area (Å²) in [6.07, 6.45) is -1.41. The standard InChI is InChI=1S/C17H27NO5/c1-9-11(7-13(23-9)17(2,3)4)16(21)18-12-6-10(8-22-5)14(19)15(12)20/h7,10,12,14-15,19-20H,6,8H2,1-5H3,(H,18,21). The Bertz CT molecular complexity index is 560. The summed E-state index contributed by atoms with van der Waals surface area (Å²) in [5, 5.41) is 22.9. The minimum atomic E-state index is -0.992. The van der Waals surface area contributed by atoms with Gasteiger partial charge in [0.05, 0.1) is 24.3 Å². The van der Waals surface area contributed by atoms with Gasteiger partial charge >= 0.3 is 0 Å². The first-order chi connectivity index (χ1) is 10.6. The zero-order valence-electron chi connectivity index (χ0n) is 14.4. The molecule has 1 fully saturated rings. The molecule has 1 aliphatic rings. The maximum atomic E-state index is 12.5. The van der Waals surface area contributed by atoms with Gasteiger partial charge in [0.1, 0.15) is 17.6 Å². The van der Waals surface area contributed by atoms with Gasteiger partial charge in [-0.3, -0.25) is 4.79 Å². The van der Waals surface area contributed by atoms with Crippen LogP contribution in [0.4, 0.5) is 0 Å². The highest BCUT2D eigenvalue weighted by atomic mass is 16.5. The Kier molecular flexibility index (Phi) is 5.18. The second-order valence-corrected chi connectivity index (χ2v) is 7.34. The first-order valence-corrected chi connectivity index (χ1v) is 7.92. The third kappa shape index (κ3) is 3.76. The molecule has 0 bridgehead atoms. The molecule has 130 valence electrons. The quantitative estimate of drug-likeness (QED) is 0.778. The second kappa shape index (κ2) is 6.63. The Morgan fingerprint density at radius 3 is 2.57 bits per heavy atom. The highest BCUT2D eigenvalue weighted by Gasteiger charge is 2.42. The van der Waals surface area contributed by atoms with Crippen molar-refractivity contribution in [3.63, 3.8) is 0 Å². The minimum Gasteiger partial charge on any atom is -0.465 e. The zero-order valence-corrected chi connectivity index (χ0v) is 14.4. The SMILES string of the molecule is COCC1CC(NC(=O)c2cc(C(C)(C)C)oc2C)C(O)C1O. The fourth-order valence-corrected chi connectivity index (χ4v) is 2.97. The highest BCUT2D eigenvalue weighted by Crippen LogP contribution is 2.29. The van der Waals surface area contributed by atoms with Gasteiger partial charge in [-0.25, -0.2) is 0 Å². The predicted molar refractivity (Wildman–Crippen MR) is 85.4 cm³/mol. The third-order valence-electron chi connectivity index (χ3n) is 4.40. The Morgan fingerprint density at radius 1 is 1.39 bits per heavy atom. The van der Waals surface area contributed by atoms with Crippen molar-refractivity contribution in [2.24, 2.45) is 5.92 Å². The zero-order chi connectivity index (χ0) is 17.4. The van der Waals surface area contributed by atoms with Crippen molar-refractivity contribution < 1.29 is 24.2 Å². The van der Waals surface area contributed by atoms with E-state index in [1.165, 1.54) is 0 Å². The number of hydrogen-bond donors (Lipinski definition) is 3. The molecule has 1 aliphatic carbocycles. The average molecular weight is 325 g/mol. The molecule has 23 heavy (non-hydrogen) atoms. The number of aryl methyl sites for hydroxylation is 1.